The molecule has 5 nitrogen and oxygen atoms in total. The van der Waals surface area contributed by atoms with Gasteiger partial charge in [-0.05, 0) is 30.2 Å². The summed E-state index contributed by atoms with van der Waals surface area (Å²) in [5.74, 6) is 2.06. The summed E-state index contributed by atoms with van der Waals surface area (Å²) in [4.78, 5) is 4.54. The van der Waals surface area contributed by atoms with Crippen molar-refractivity contribution < 1.29 is 4.74 Å². The lowest BCUT2D eigenvalue weighted by Crippen LogP contribution is -2.13. The van der Waals surface area contributed by atoms with Crippen LogP contribution in [0.15, 0.2) is 48.5 Å². The molecule has 3 aromatic rings. The molecule has 3 N–H and O–H groups in total. The van der Waals surface area contributed by atoms with E-state index >= 15 is 0 Å². The number of aromatic amines is 1. The molecule has 1 heterocycles. The Labute approximate surface area is 129 Å². The van der Waals surface area contributed by atoms with Crippen LogP contribution >= 0.6 is 0 Å². The minimum atomic E-state index is -0.375. The summed E-state index contributed by atoms with van der Waals surface area (Å²) < 4.78 is 5.23. The maximum atomic E-state index is 6.28. The van der Waals surface area contributed by atoms with Gasteiger partial charge in [-0.1, -0.05) is 36.4 Å². The van der Waals surface area contributed by atoms with Crippen LogP contribution in [0.1, 0.15) is 23.0 Å². The fourth-order valence-corrected chi connectivity index (χ4v) is 2.35. The van der Waals surface area contributed by atoms with Crippen LogP contribution in [0.4, 0.5) is 0 Å². The van der Waals surface area contributed by atoms with E-state index in [1.807, 2.05) is 55.5 Å². The summed E-state index contributed by atoms with van der Waals surface area (Å²) in [6, 6.07) is 15.3. The molecule has 0 amide bonds. The molecule has 0 spiro atoms. The van der Waals surface area contributed by atoms with Crippen molar-refractivity contribution in [2.45, 2.75) is 13.0 Å². The van der Waals surface area contributed by atoms with Gasteiger partial charge in [-0.2, -0.15) is 5.10 Å². The molecular weight excluding hydrogens is 276 g/mol. The van der Waals surface area contributed by atoms with Gasteiger partial charge >= 0.3 is 0 Å². The van der Waals surface area contributed by atoms with Crippen LogP contribution in [-0.2, 0) is 0 Å². The average Bonchev–Trinajstić information content (AvgIpc) is 3.04. The van der Waals surface area contributed by atoms with E-state index in [0.29, 0.717) is 11.6 Å². The van der Waals surface area contributed by atoms with Crippen LogP contribution in [-0.4, -0.2) is 22.3 Å². The highest BCUT2D eigenvalue weighted by atomic mass is 16.5. The Kier molecular flexibility index (Phi) is 3.89. The maximum Gasteiger partial charge on any atom is 0.181 e. The van der Waals surface area contributed by atoms with Crippen molar-refractivity contribution in [2.24, 2.45) is 5.73 Å². The van der Waals surface area contributed by atoms with E-state index in [-0.39, 0.29) is 6.04 Å². The highest BCUT2D eigenvalue weighted by Crippen LogP contribution is 2.24. The number of aryl methyl sites for hydroxylation is 1. The molecule has 5 heteroatoms. The van der Waals surface area contributed by atoms with Crippen LogP contribution in [0, 0.1) is 6.92 Å². The molecular formula is C17H18N4O. The average molecular weight is 294 g/mol. The summed E-state index contributed by atoms with van der Waals surface area (Å²) in [6.07, 6.45) is 0. The maximum absolute atomic E-state index is 6.28. The van der Waals surface area contributed by atoms with Crippen molar-refractivity contribution in [3.63, 3.8) is 0 Å². The van der Waals surface area contributed by atoms with E-state index in [9.17, 15) is 0 Å². The Hall–Kier alpha value is -2.66. The third kappa shape index (κ3) is 2.71. The fraction of sp³-hybridized carbons (Fsp3) is 0.176. The summed E-state index contributed by atoms with van der Waals surface area (Å²) >= 11 is 0. The number of nitrogens with zero attached hydrogens (tertiary/aromatic N) is 2. The SMILES string of the molecule is COc1cccc([C@H](N)c2nc(-c3ccccc3C)n[nH]2)c1. The molecule has 0 aliphatic carbocycles. The third-order valence-corrected chi connectivity index (χ3v) is 3.64. The molecule has 3 rings (SSSR count). The first-order valence-electron chi connectivity index (χ1n) is 7.07. The number of H-pyrrole nitrogens is 1. The number of aromatic nitrogens is 3. The van der Waals surface area contributed by atoms with E-state index in [1.165, 1.54) is 0 Å². The van der Waals surface area contributed by atoms with Crippen molar-refractivity contribution in [2.75, 3.05) is 7.11 Å². The second-order valence-electron chi connectivity index (χ2n) is 5.11. The van der Waals surface area contributed by atoms with Crippen LogP contribution in [0.3, 0.4) is 0 Å². The molecule has 0 unspecified atom stereocenters. The number of nitrogens with two attached hydrogens (primary N) is 1. The third-order valence-electron chi connectivity index (χ3n) is 3.64. The molecule has 112 valence electrons. The molecule has 2 aromatic carbocycles. The summed E-state index contributed by atoms with van der Waals surface area (Å²) in [5.41, 5.74) is 9.33. The number of benzene rings is 2. The molecule has 0 fully saturated rings. The zero-order chi connectivity index (χ0) is 15.5. The van der Waals surface area contributed by atoms with Crippen LogP contribution in [0.25, 0.3) is 11.4 Å². The molecule has 0 saturated carbocycles. The van der Waals surface area contributed by atoms with Crippen molar-refractivity contribution in [3.05, 3.63) is 65.5 Å². The van der Waals surface area contributed by atoms with Crippen LogP contribution in [0.2, 0.25) is 0 Å². The van der Waals surface area contributed by atoms with Gasteiger partial charge in [0, 0.05) is 5.56 Å². The van der Waals surface area contributed by atoms with Gasteiger partial charge in [0.25, 0.3) is 0 Å². The minimum Gasteiger partial charge on any atom is -0.497 e. The number of nitrogens with one attached hydrogen (secondary N) is 1. The van der Waals surface area contributed by atoms with Crippen molar-refractivity contribution in [3.8, 4) is 17.1 Å². The first kappa shape index (κ1) is 14.3. The van der Waals surface area contributed by atoms with E-state index in [0.717, 1.165) is 22.4 Å². The van der Waals surface area contributed by atoms with E-state index in [4.69, 9.17) is 10.5 Å². The summed E-state index contributed by atoms with van der Waals surface area (Å²) in [5, 5.41) is 7.23. The quantitative estimate of drug-likeness (QED) is 0.775. The first-order chi connectivity index (χ1) is 10.7. The molecule has 0 saturated heterocycles. The highest BCUT2D eigenvalue weighted by molar-refractivity contribution is 5.59. The van der Waals surface area contributed by atoms with Gasteiger partial charge < -0.3 is 10.5 Å². The van der Waals surface area contributed by atoms with E-state index < -0.39 is 0 Å². The standard InChI is InChI=1S/C17H18N4O/c1-11-6-3-4-9-14(11)16-19-17(21-20-16)15(18)12-7-5-8-13(10-12)22-2/h3-10,15H,18H2,1-2H3,(H,19,20,21)/t15-/m0/s1. The van der Waals surface area contributed by atoms with Crippen molar-refractivity contribution in [1.29, 1.82) is 0 Å². The molecule has 0 radical (unpaired) electrons. The molecule has 0 aliphatic rings. The Morgan fingerprint density at radius 2 is 1.95 bits per heavy atom. The second-order valence-corrected chi connectivity index (χ2v) is 5.11. The molecule has 0 aliphatic heterocycles. The summed E-state index contributed by atoms with van der Waals surface area (Å²) in [6.45, 7) is 2.04. The Morgan fingerprint density at radius 1 is 1.14 bits per heavy atom. The van der Waals surface area contributed by atoms with Gasteiger partial charge in [0.05, 0.1) is 13.2 Å². The molecule has 1 aromatic heterocycles. The first-order valence-corrected chi connectivity index (χ1v) is 7.07. The van der Waals surface area contributed by atoms with Crippen LogP contribution < -0.4 is 10.5 Å². The predicted molar refractivity (Wildman–Crippen MR) is 85.6 cm³/mol. The van der Waals surface area contributed by atoms with Gasteiger partial charge in [0.1, 0.15) is 11.6 Å². The minimum absolute atomic E-state index is 0.375. The van der Waals surface area contributed by atoms with Gasteiger partial charge in [-0.25, -0.2) is 4.98 Å². The van der Waals surface area contributed by atoms with Gasteiger partial charge in [0.15, 0.2) is 5.82 Å². The van der Waals surface area contributed by atoms with Gasteiger partial charge in [0.2, 0.25) is 0 Å². The molecule has 22 heavy (non-hydrogen) atoms. The number of hydrogen-bond donors (Lipinski definition) is 2. The topological polar surface area (TPSA) is 76.8 Å². The predicted octanol–water partition coefficient (Wildman–Crippen LogP) is 2.84. The van der Waals surface area contributed by atoms with Gasteiger partial charge in [-0.3, -0.25) is 5.10 Å². The zero-order valence-corrected chi connectivity index (χ0v) is 12.6. The smallest absolute Gasteiger partial charge is 0.181 e. The Morgan fingerprint density at radius 3 is 2.73 bits per heavy atom. The fourth-order valence-electron chi connectivity index (χ4n) is 2.35. The second kappa shape index (κ2) is 5.99. The number of rotatable bonds is 4. The number of ether oxygens (including phenoxy) is 1. The largest absolute Gasteiger partial charge is 0.497 e. The lowest BCUT2D eigenvalue weighted by Gasteiger charge is -2.10. The lowest BCUT2D eigenvalue weighted by atomic mass is 10.1. The Balaban J connectivity index is 1.91. The normalized spacial score (nSPS) is 12.1. The van der Waals surface area contributed by atoms with E-state index in [1.54, 1.807) is 7.11 Å². The number of methoxy groups -OCH3 is 1. The van der Waals surface area contributed by atoms with E-state index in [2.05, 4.69) is 15.2 Å². The number of hydrogen-bond acceptors (Lipinski definition) is 4. The van der Waals surface area contributed by atoms with Crippen molar-refractivity contribution in [1.82, 2.24) is 15.2 Å². The van der Waals surface area contributed by atoms with Crippen LogP contribution in [0.5, 0.6) is 5.75 Å². The molecule has 0 bridgehead atoms. The molecule has 1 atom stereocenters. The lowest BCUT2D eigenvalue weighted by molar-refractivity contribution is 0.414. The highest BCUT2D eigenvalue weighted by Gasteiger charge is 2.16. The Bertz CT molecular complexity index is 782. The summed E-state index contributed by atoms with van der Waals surface area (Å²) in [7, 11) is 1.63. The zero-order valence-electron chi connectivity index (χ0n) is 12.6. The monoisotopic (exact) mass is 294 g/mol. The van der Waals surface area contributed by atoms with Gasteiger partial charge in [-0.15, -0.1) is 0 Å². The van der Waals surface area contributed by atoms with Crippen molar-refractivity contribution >= 4 is 0 Å².